The van der Waals surface area contributed by atoms with E-state index in [-0.39, 0.29) is 22.7 Å². The van der Waals surface area contributed by atoms with Gasteiger partial charge in [0.15, 0.2) is 0 Å². The summed E-state index contributed by atoms with van der Waals surface area (Å²) in [6.07, 6.45) is 0. The second-order valence-electron chi connectivity index (χ2n) is 8.72. The average molecular weight is 506 g/mol. The summed E-state index contributed by atoms with van der Waals surface area (Å²) in [7, 11) is 0. The summed E-state index contributed by atoms with van der Waals surface area (Å²) in [5.74, 6) is -0.333. The first-order valence-electron chi connectivity index (χ1n) is 11.9. The smallest absolute Gasteiger partial charge is 0.253 e. The molecular weight excluding hydrogens is 477 g/mol. The van der Waals surface area contributed by atoms with E-state index in [2.05, 4.69) is 0 Å². The number of aryl methyl sites for hydroxylation is 1. The molecule has 1 heterocycles. The van der Waals surface area contributed by atoms with Crippen LogP contribution in [0.3, 0.4) is 0 Å². The monoisotopic (exact) mass is 505 g/mol. The van der Waals surface area contributed by atoms with E-state index in [1.54, 1.807) is 35.2 Å². The Morgan fingerprint density at radius 1 is 1.03 bits per heavy atom. The van der Waals surface area contributed by atoms with Crippen molar-refractivity contribution in [1.82, 2.24) is 14.7 Å². The maximum absolute atomic E-state index is 13.8. The highest BCUT2D eigenvalue weighted by atomic mass is 35.5. The Labute approximate surface area is 215 Å². The van der Waals surface area contributed by atoms with Crippen LogP contribution in [-0.2, 0) is 0 Å². The van der Waals surface area contributed by atoms with Crippen LogP contribution in [0.1, 0.15) is 52.8 Å². The molecule has 36 heavy (non-hydrogen) atoms. The van der Waals surface area contributed by atoms with Crippen LogP contribution < -0.4 is 0 Å². The van der Waals surface area contributed by atoms with Crippen LogP contribution in [0.2, 0.25) is 5.02 Å². The van der Waals surface area contributed by atoms with Crippen LogP contribution in [0, 0.1) is 19.7 Å². The minimum atomic E-state index is -0.472. The zero-order chi connectivity index (χ0) is 26.0. The second-order valence-corrected chi connectivity index (χ2v) is 9.12. The Balaban J connectivity index is 1.83. The lowest BCUT2D eigenvalue weighted by Crippen LogP contribution is -2.30. The fourth-order valence-electron chi connectivity index (χ4n) is 4.65. The number of phenolic OH excluding ortho intramolecular Hbond substituents is 1. The SMILES string of the molecule is CCN(CC)C(=O)c1ccc(C(c2cccc(O)c2)n2nc(C)c(-c3ccc(F)c(Cl)c3)c2C)cc1. The molecule has 4 rings (SSSR count). The predicted octanol–water partition coefficient (Wildman–Crippen LogP) is 6.78. The number of hydrogen-bond donors (Lipinski definition) is 1. The first-order valence-corrected chi connectivity index (χ1v) is 12.3. The van der Waals surface area contributed by atoms with Crippen molar-refractivity contribution in [3.05, 3.63) is 106 Å². The van der Waals surface area contributed by atoms with Crippen LogP contribution >= 0.6 is 11.6 Å². The molecular formula is C29H29ClFN3O2. The number of phenols is 1. The van der Waals surface area contributed by atoms with E-state index in [4.69, 9.17) is 16.7 Å². The Bertz CT molecular complexity index is 1390. The molecule has 5 nitrogen and oxygen atoms in total. The van der Waals surface area contributed by atoms with Gasteiger partial charge in [-0.2, -0.15) is 5.10 Å². The fourth-order valence-corrected chi connectivity index (χ4v) is 4.84. The minimum Gasteiger partial charge on any atom is -0.508 e. The summed E-state index contributed by atoms with van der Waals surface area (Å²) < 4.78 is 15.7. The van der Waals surface area contributed by atoms with Gasteiger partial charge in [-0.3, -0.25) is 9.48 Å². The highest BCUT2D eigenvalue weighted by Crippen LogP contribution is 2.35. The first kappa shape index (κ1) is 25.5. The number of benzene rings is 3. The van der Waals surface area contributed by atoms with Crippen LogP contribution in [0.4, 0.5) is 4.39 Å². The maximum atomic E-state index is 13.8. The molecule has 0 bridgehead atoms. The molecule has 1 unspecified atom stereocenters. The van der Waals surface area contributed by atoms with Crippen molar-refractivity contribution < 1.29 is 14.3 Å². The molecule has 7 heteroatoms. The summed E-state index contributed by atoms with van der Waals surface area (Å²) in [5.41, 5.74) is 5.65. The van der Waals surface area contributed by atoms with E-state index < -0.39 is 5.82 Å². The average Bonchev–Trinajstić information content (AvgIpc) is 3.15. The van der Waals surface area contributed by atoms with E-state index in [1.807, 2.05) is 62.7 Å². The molecule has 0 aliphatic carbocycles. The van der Waals surface area contributed by atoms with Crippen molar-refractivity contribution in [1.29, 1.82) is 0 Å². The Hall–Kier alpha value is -3.64. The summed E-state index contributed by atoms with van der Waals surface area (Å²) in [4.78, 5) is 14.6. The molecule has 0 aliphatic heterocycles. The Kier molecular flexibility index (Phi) is 7.45. The largest absolute Gasteiger partial charge is 0.508 e. The molecule has 186 valence electrons. The molecule has 0 aliphatic rings. The topological polar surface area (TPSA) is 58.4 Å². The predicted molar refractivity (Wildman–Crippen MR) is 141 cm³/mol. The number of hydrogen-bond acceptors (Lipinski definition) is 3. The van der Waals surface area contributed by atoms with Gasteiger partial charge in [0.2, 0.25) is 0 Å². The lowest BCUT2D eigenvalue weighted by atomic mass is 9.96. The van der Waals surface area contributed by atoms with Gasteiger partial charge in [-0.25, -0.2) is 4.39 Å². The number of rotatable bonds is 7. The number of aromatic nitrogens is 2. The molecule has 0 spiro atoms. The number of halogens is 2. The van der Waals surface area contributed by atoms with Crippen LogP contribution in [-0.4, -0.2) is 38.8 Å². The maximum Gasteiger partial charge on any atom is 0.253 e. The number of carbonyl (C=O) groups is 1. The molecule has 0 saturated carbocycles. The minimum absolute atomic E-state index is 0.0120. The van der Waals surface area contributed by atoms with E-state index >= 15 is 0 Å². The molecule has 4 aromatic rings. The van der Waals surface area contributed by atoms with Gasteiger partial charge in [0, 0.05) is 29.9 Å². The number of carbonyl (C=O) groups excluding carboxylic acids is 1. The molecule has 1 amide bonds. The van der Waals surface area contributed by atoms with E-state index in [9.17, 15) is 14.3 Å². The first-order chi connectivity index (χ1) is 17.2. The number of nitrogens with zero attached hydrogens (tertiary/aromatic N) is 3. The van der Waals surface area contributed by atoms with Gasteiger partial charge in [-0.1, -0.05) is 41.9 Å². The van der Waals surface area contributed by atoms with Crippen molar-refractivity contribution in [3.8, 4) is 16.9 Å². The van der Waals surface area contributed by atoms with Gasteiger partial charge in [-0.05, 0) is 80.8 Å². The summed E-state index contributed by atoms with van der Waals surface area (Å²) >= 11 is 6.07. The molecule has 0 saturated heterocycles. The summed E-state index contributed by atoms with van der Waals surface area (Å²) in [5, 5.41) is 15.1. The zero-order valence-corrected chi connectivity index (χ0v) is 21.6. The van der Waals surface area contributed by atoms with Gasteiger partial charge >= 0.3 is 0 Å². The summed E-state index contributed by atoms with van der Waals surface area (Å²) in [6.45, 7) is 9.07. The molecule has 0 radical (unpaired) electrons. The third kappa shape index (κ3) is 4.86. The number of aromatic hydroxyl groups is 1. The van der Waals surface area contributed by atoms with Crippen LogP contribution in [0.25, 0.3) is 11.1 Å². The van der Waals surface area contributed by atoms with Crippen LogP contribution in [0.15, 0.2) is 66.7 Å². The molecule has 1 aromatic heterocycles. The van der Waals surface area contributed by atoms with Crippen molar-refractivity contribution in [2.24, 2.45) is 0 Å². The Morgan fingerprint density at radius 2 is 1.72 bits per heavy atom. The standard InChI is InChI=1S/C29H29ClFN3O2/c1-5-33(6-2)29(36)21-12-10-20(11-13-21)28(23-8-7-9-24(35)16-23)34-19(4)27(18(3)32-34)22-14-15-26(31)25(30)17-22/h7-17,28,35H,5-6H2,1-4H3. The second kappa shape index (κ2) is 10.5. The van der Waals surface area contributed by atoms with Gasteiger partial charge in [0.1, 0.15) is 17.6 Å². The summed E-state index contributed by atoms with van der Waals surface area (Å²) in [6, 6.07) is 18.9. The highest BCUT2D eigenvalue weighted by Gasteiger charge is 2.24. The third-order valence-corrected chi connectivity index (χ3v) is 6.78. The van der Waals surface area contributed by atoms with E-state index in [0.29, 0.717) is 18.7 Å². The van der Waals surface area contributed by atoms with Gasteiger partial charge in [0.25, 0.3) is 5.91 Å². The molecule has 1 atom stereocenters. The Morgan fingerprint density at radius 3 is 2.33 bits per heavy atom. The van der Waals surface area contributed by atoms with E-state index in [1.165, 1.54) is 6.07 Å². The lowest BCUT2D eigenvalue weighted by molar-refractivity contribution is 0.0773. The highest BCUT2D eigenvalue weighted by molar-refractivity contribution is 6.31. The van der Waals surface area contributed by atoms with Crippen molar-refractivity contribution in [3.63, 3.8) is 0 Å². The van der Waals surface area contributed by atoms with Gasteiger partial charge < -0.3 is 10.0 Å². The van der Waals surface area contributed by atoms with Gasteiger partial charge in [0.05, 0.1) is 10.7 Å². The zero-order valence-electron chi connectivity index (χ0n) is 20.8. The van der Waals surface area contributed by atoms with E-state index in [0.717, 1.165) is 33.6 Å². The van der Waals surface area contributed by atoms with Crippen molar-refractivity contribution in [2.75, 3.05) is 13.1 Å². The quantitative estimate of drug-likeness (QED) is 0.301. The fraction of sp³-hybridized carbons (Fsp3) is 0.241. The third-order valence-electron chi connectivity index (χ3n) is 6.49. The normalized spacial score (nSPS) is 11.9. The lowest BCUT2D eigenvalue weighted by Gasteiger charge is -2.22. The van der Waals surface area contributed by atoms with Crippen LogP contribution in [0.5, 0.6) is 5.75 Å². The molecule has 1 N–H and O–H groups in total. The molecule has 0 fully saturated rings. The van der Waals surface area contributed by atoms with Crippen molar-refractivity contribution in [2.45, 2.75) is 33.7 Å². The van der Waals surface area contributed by atoms with Gasteiger partial charge in [-0.15, -0.1) is 0 Å². The molecule has 3 aromatic carbocycles. The van der Waals surface area contributed by atoms with Crippen molar-refractivity contribution >= 4 is 17.5 Å². The number of amides is 1.